The van der Waals surface area contributed by atoms with E-state index in [0.717, 1.165) is 51.5 Å². The van der Waals surface area contributed by atoms with Gasteiger partial charge in [0.2, 0.25) is 0 Å². The van der Waals surface area contributed by atoms with Crippen molar-refractivity contribution in [3.8, 4) is 0 Å². The molecule has 1 aromatic heterocycles. The number of aromatic amines is 1. The van der Waals surface area contributed by atoms with Gasteiger partial charge in [0.1, 0.15) is 0 Å². The van der Waals surface area contributed by atoms with E-state index in [1.54, 1.807) is 7.11 Å². The minimum atomic E-state index is 0.566. The first-order valence-corrected chi connectivity index (χ1v) is 10.4. The van der Waals surface area contributed by atoms with Crippen molar-refractivity contribution in [3.63, 3.8) is 0 Å². The summed E-state index contributed by atoms with van der Waals surface area (Å²) in [6.07, 6.45) is 5.32. The van der Waals surface area contributed by atoms with Gasteiger partial charge >= 0.3 is 0 Å². The Hall–Kier alpha value is -2.05. The zero-order chi connectivity index (χ0) is 19.8. The van der Waals surface area contributed by atoms with Crippen LogP contribution in [0.1, 0.15) is 24.5 Å². The maximum absolute atomic E-state index is 5.69. The van der Waals surface area contributed by atoms with Crippen LogP contribution < -0.4 is 5.32 Å². The van der Waals surface area contributed by atoms with E-state index in [1.807, 2.05) is 7.05 Å². The second-order valence-corrected chi connectivity index (χ2v) is 7.40. The SMILES string of the molecule is CCc1cccc2c(CCNC(=NC)N3CCC(COCCOC)C3)c[nH]c12. The van der Waals surface area contributed by atoms with Gasteiger partial charge in [0, 0.05) is 56.8 Å². The normalized spacial score (nSPS) is 17.6. The number of likely N-dealkylation sites (tertiary alicyclic amines) is 1. The summed E-state index contributed by atoms with van der Waals surface area (Å²) in [4.78, 5) is 10.3. The Morgan fingerprint density at radius 1 is 1.32 bits per heavy atom. The zero-order valence-corrected chi connectivity index (χ0v) is 17.5. The number of hydrogen-bond donors (Lipinski definition) is 2. The standard InChI is InChI=1S/C22H34N4O2/c1-4-18-6-5-7-20-19(14-25-21(18)20)8-10-24-22(23-2)26-11-9-17(15-26)16-28-13-12-27-3/h5-7,14,17,25H,4,8-13,15-16H2,1-3H3,(H,23,24). The molecule has 0 radical (unpaired) electrons. The van der Waals surface area contributed by atoms with Gasteiger partial charge in [-0.2, -0.15) is 0 Å². The third-order valence-electron chi connectivity index (χ3n) is 5.53. The molecule has 1 fully saturated rings. The third-order valence-corrected chi connectivity index (χ3v) is 5.53. The molecule has 0 amide bonds. The van der Waals surface area contributed by atoms with E-state index in [-0.39, 0.29) is 0 Å². The van der Waals surface area contributed by atoms with Gasteiger partial charge in [-0.05, 0) is 30.4 Å². The molecule has 6 nitrogen and oxygen atoms in total. The lowest BCUT2D eigenvalue weighted by Gasteiger charge is -2.21. The molecule has 0 saturated carbocycles. The largest absolute Gasteiger partial charge is 0.382 e. The molecule has 154 valence electrons. The molecule has 28 heavy (non-hydrogen) atoms. The van der Waals surface area contributed by atoms with Crippen molar-refractivity contribution in [2.45, 2.75) is 26.2 Å². The number of guanidine groups is 1. The van der Waals surface area contributed by atoms with Crippen LogP contribution in [-0.4, -0.2) is 69.5 Å². The van der Waals surface area contributed by atoms with Crippen LogP contribution in [0.5, 0.6) is 0 Å². The molecular formula is C22H34N4O2. The fraction of sp³-hybridized carbons (Fsp3) is 0.591. The second kappa shape index (κ2) is 10.5. The van der Waals surface area contributed by atoms with Crippen molar-refractivity contribution in [1.82, 2.24) is 15.2 Å². The highest BCUT2D eigenvalue weighted by Gasteiger charge is 2.24. The lowest BCUT2D eigenvalue weighted by Crippen LogP contribution is -2.41. The smallest absolute Gasteiger partial charge is 0.193 e. The number of methoxy groups -OCH3 is 1. The third kappa shape index (κ3) is 5.06. The number of H-pyrrole nitrogens is 1. The lowest BCUT2D eigenvalue weighted by molar-refractivity contribution is 0.0536. The first-order valence-electron chi connectivity index (χ1n) is 10.4. The van der Waals surface area contributed by atoms with Gasteiger partial charge in [0.15, 0.2) is 5.96 Å². The van der Waals surface area contributed by atoms with E-state index in [2.05, 4.69) is 51.5 Å². The number of aromatic nitrogens is 1. The number of rotatable bonds is 9. The monoisotopic (exact) mass is 386 g/mol. The Bertz CT molecular complexity index is 771. The Morgan fingerprint density at radius 3 is 3.00 bits per heavy atom. The van der Waals surface area contributed by atoms with Crippen LogP contribution in [0.4, 0.5) is 0 Å². The van der Waals surface area contributed by atoms with E-state index in [9.17, 15) is 0 Å². The van der Waals surface area contributed by atoms with Gasteiger partial charge in [-0.1, -0.05) is 25.1 Å². The van der Waals surface area contributed by atoms with Crippen LogP contribution in [0.15, 0.2) is 29.4 Å². The maximum atomic E-state index is 5.69. The van der Waals surface area contributed by atoms with Gasteiger partial charge in [0.05, 0.1) is 19.8 Å². The predicted molar refractivity (Wildman–Crippen MR) is 115 cm³/mol. The number of para-hydroxylation sites is 1. The highest BCUT2D eigenvalue weighted by Crippen LogP contribution is 2.22. The number of nitrogens with one attached hydrogen (secondary N) is 2. The van der Waals surface area contributed by atoms with Crippen molar-refractivity contribution in [2.24, 2.45) is 10.9 Å². The molecule has 1 atom stereocenters. The first kappa shape index (κ1) is 20.7. The van der Waals surface area contributed by atoms with Gasteiger partial charge in [0.25, 0.3) is 0 Å². The van der Waals surface area contributed by atoms with Crippen molar-refractivity contribution in [1.29, 1.82) is 0 Å². The number of hydrogen-bond acceptors (Lipinski definition) is 3. The Labute approximate surface area is 168 Å². The fourth-order valence-corrected chi connectivity index (χ4v) is 3.97. The molecule has 1 unspecified atom stereocenters. The molecule has 6 heteroatoms. The van der Waals surface area contributed by atoms with Gasteiger partial charge in [-0.3, -0.25) is 4.99 Å². The molecule has 1 aliphatic rings. The molecule has 2 N–H and O–H groups in total. The molecule has 1 aromatic carbocycles. The molecule has 0 aliphatic carbocycles. The summed E-state index contributed by atoms with van der Waals surface area (Å²) in [6, 6.07) is 6.57. The van der Waals surface area contributed by atoms with Crippen molar-refractivity contribution >= 4 is 16.9 Å². The number of aryl methyl sites for hydroxylation is 1. The molecule has 0 spiro atoms. The van der Waals surface area contributed by atoms with Crippen LogP contribution >= 0.6 is 0 Å². The number of fused-ring (bicyclic) bond motifs is 1. The highest BCUT2D eigenvalue weighted by atomic mass is 16.5. The van der Waals surface area contributed by atoms with Gasteiger partial charge in [-0.25, -0.2) is 0 Å². The van der Waals surface area contributed by atoms with Crippen LogP contribution in [-0.2, 0) is 22.3 Å². The highest BCUT2D eigenvalue weighted by molar-refractivity contribution is 5.86. The van der Waals surface area contributed by atoms with Gasteiger partial charge < -0.3 is 24.7 Å². The summed E-state index contributed by atoms with van der Waals surface area (Å²) >= 11 is 0. The summed E-state index contributed by atoms with van der Waals surface area (Å²) in [6.45, 7) is 7.24. The van der Waals surface area contributed by atoms with Crippen molar-refractivity contribution in [2.75, 3.05) is 53.6 Å². The Kier molecular flexibility index (Phi) is 7.74. The zero-order valence-electron chi connectivity index (χ0n) is 17.5. The van der Waals surface area contributed by atoms with E-state index < -0.39 is 0 Å². The van der Waals surface area contributed by atoms with E-state index in [0.29, 0.717) is 19.1 Å². The van der Waals surface area contributed by atoms with E-state index in [4.69, 9.17) is 9.47 Å². The maximum Gasteiger partial charge on any atom is 0.193 e. The van der Waals surface area contributed by atoms with E-state index >= 15 is 0 Å². The summed E-state index contributed by atoms with van der Waals surface area (Å²) in [5.74, 6) is 1.56. The Balaban J connectivity index is 1.48. The Morgan fingerprint density at radius 2 is 2.21 bits per heavy atom. The molecule has 2 heterocycles. The lowest BCUT2D eigenvalue weighted by atomic mass is 10.1. The summed E-state index contributed by atoms with van der Waals surface area (Å²) in [7, 11) is 3.57. The van der Waals surface area contributed by atoms with Crippen LogP contribution in [0.3, 0.4) is 0 Å². The fourth-order valence-electron chi connectivity index (χ4n) is 3.97. The molecule has 3 rings (SSSR count). The predicted octanol–water partition coefficient (Wildman–Crippen LogP) is 2.83. The molecular weight excluding hydrogens is 352 g/mol. The number of aliphatic imine (C=N–C) groups is 1. The quantitative estimate of drug-likeness (QED) is 0.395. The molecule has 1 saturated heterocycles. The average molecular weight is 387 g/mol. The van der Waals surface area contributed by atoms with Gasteiger partial charge in [-0.15, -0.1) is 0 Å². The van der Waals surface area contributed by atoms with Crippen molar-refractivity contribution < 1.29 is 9.47 Å². The number of nitrogens with zero attached hydrogens (tertiary/aromatic N) is 2. The molecule has 2 aromatic rings. The van der Waals surface area contributed by atoms with Crippen LogP contribution in [0.25, 0.3) is 10.9 Å². The molecule has 1 aliphatic heterocycles. The minimum Gasteiger partial charge on any atom is -0.382 e. The average Bonchev–Trinajstić information content (AvgIpc) is 3.36. The summed E-state index contributed by atoms with van der Waals surface area (Å²) < 4.78 is 10.7. The second-order valence-electron chi connectivity index (χ2n) is 7.40. The summed E-state index contributed by atoms with van der Waals surface area (Å²) in [5.41, 5.74) is 4.02. The van der Waals surface area contributed by atoms with Crippen molar-refractivity contribution in [3.05, 3.63) is 35.5 Å². The topological polar surface area (TPSA) is 61.9 Å². The molecule has 0 bridgehead atoms. The number of benzene rings is 1. The van der Waals surface area contributed by atoms with Crippen LogP contribution in [0.2, 0.25) is 0 Å². The number of ether oxygens (including phenoxy) is 2. The minimum absolute atomic E-state index is 0.566. The van der Waals surface area contributed by atoms with E-state index in [1.165, 1.54) is 22.0 Å². The van der Waals surface area contributed by atoms with Crippen LogP contribution in [0, 0.1) is 5.92 Å². The summed E-state index contributed by atoms with van der Waals surface area (Å²) in [5, 5.41) is 4.88. The first-order chi connectivity index (χ1) is 13.8.